The predicted molar refractivity (Wildman–Crippen MR) is 107 cm³/mol. The van der Waals surface area contributed by atoms with E-state index in [4.69, 9.17) is 4.74 Å². The highest BCUT2D eigenvalue weighted by Crippen LogP contribution is 2.42. The Morgan fingerprint density at radius 2 is 1.81 bits per heavy atom. The fraction of sp³-hybridized carbons (Fsp3) is 0.250. The number of esters is 1. The number of Topliss-reactive ketones (excluding diaryl/α,β-unsaturated/α-hetero) is 1. The second-order valence-electron chi connectivity index (χ2n) is 6.18. The molecule has 7 heteroatoms. The van der Waals surface area contributed by atoms with E-state index in [9.17, 15) is 19.5 Å². The summed E-state index contributed by atoms with van der Waals surface area (Å²) in [7, 11) is 0. The van der Waals surface area contributed by atoms with Crippen molar-refractivity contribution in [1.82, 2.24) is 0 Å². The number of aliphatic hydroxyl groups is 1. The summed E-state index contributed by atoms with van der Waals surface area (Å²) in [4.78, 5) is 38.7. The topological polar surface area (TPSA) is 83.9 Å². The Labute approximate surface area is 170 Å². The van der Waals surface area contributed by atoms with Crippen molar-refractivity contribution in [3.05, 3.63) is 63.2 Å². The summed E-state index contributed by atoms with van der Waals surface area (Å²) < 4.78 is 5.89. The Hall–Kier alpha value is -2.26. The number of fused-ring (bicyclic) bond motifs is 1. The molecule has 0 fully saturated rings. The molecule has 2 aromatic rings. The zero-order valence-electron chi connectivity index (χ0n) is 14.6. The molecule has 6 nitrogen and oxygen atoms in total. The Morgan fingerprint density at radius 3 is 2.48 bits per heavy atom. The monoisotopic (exact) mass is 479 g/mol. The van der Waals surface area contributed by atoms with Gasteiger partial charge in [-0.25, -0.2) is 0 Å². The maximum atomic E-state index is 13.0. The molecule has 1 N–H and O–H groups in total. The van der Waals surface area contributed by atoms with Crippen LogP contribution < -0.4 is 4.90 Å². The molecule has 1 aliphatic rings. The normalized spacial score (nSPS) is 18.3. The Kier molecular flexibility index (Phi) is 5.61. The molecule has 1 heterocycles. The molecule has 2 aromatic carbocycles. The molecule has 140 valence electrons. The Bertz CT molecular complexity index is 896. The third-order valence-electron chi connectivity index (χ3n) is 4.41. The zero-order chi connectivity index (χ0) is 19.6. The summed E-state index contributed by atoms with van der Waals surface area (Å²) in [5.74, 6) is -1.63. The molecule has 1 amide bonds. The van der Waals surface area contributed by atoms with E-state index < -0.39 is 23.9 Å². The molecule has 0 aromatic heterocycles. The average molecular weight is 479 g/mol. The van der Waals surface area contributed by atoms with Crippen molar-refractivity contribution in [2.75, 3.05) is 18.1 Å². The van der Waals surface area contributed by atoms with Gasteiger partial charge in [-0.05, 0) is 47.7 Å². The van der Waals surface area contributed by atoms with Gasteiger partial charge < -0.3 is 9.84 Å². The maximum absolute atomic E-state index is 13.0. The molecule has 0 unspecified atom stereocenters. The van der Waals surface area contributed by atoms with Crippen LogP contribution >= 0.6 is 22.6 Å². The van der Waals surface area contributed by atoms with Crippen LogP contribution in [-0.2, 0) is 19.9 Å². The summed E-state index contributed by atoms with van der Waals surface area (Å²) in [5.41, 5.74) is -0.868. The summed E-state index contributed by atoms with van der Waals surface area (Å²) >= 11 is 2.13. The van der Waals surface area contributed by atoms with E-state index in [1.54, 1.807) is 55.5 Å². The van der Waals surface area contributed by atoms with Crippen LogP contribution in [0.25, 0.3) is 0 Å². The molecule has 0 bridgehead atoms. The molecular formula is C20H18INO5. The number of para-hydroxylation sites is 1. The number of carbonyl (C=O) groups excluding carboxylic acids is 3. The first-order valence-corrected chi connectivity index (χ1v) is 9.53. The van der Waals surface area contributed by atoms with E-state index >= 15 is 0 Å². The lowest BCUT2D eigenvalue weighted by Gasteiger charge is -2.22. The lowest BCUT2D eigenvalue weighted by atomic mass is 9.88. The van der Waals surface area contributed by atoms with Crippen molar-refractivity contribution in [2.24, 2.45) is 0 Å². The van der Waals surface area contributed by atoms with Crippen molar-refractivity contribution in [2.45, 2.75) is 18.9 Å². The van der Waals surface area contributed by atoms with Gasteiger partial charge in [-0.15, -0.1) is 0 Å². The van der Waals surface area contributed by atoms with Gasteiger partial charge in [0.2, 0.25) is 0 Å². The minimum atomic E-state index is -2.01. The third kappa shape index (κ3) is 3.74. The van der Waals surface area contributed by atoms with Gasteiger partial charge in [-0.3, -0.25) is 19.3 Å². The third-order valence-corrected chi connectivity index (χ3v) is 5.13. The predicted octanol–water partition coefficient (Wildman–Crippen LogP) is 2.66. The number of ketones is 1. The molecular weight excluding hydrogens is 461 g/mol. The van der Waals surface area contributed by atoms with Gasteiger partial charge in [0.05, 0.1) is 18.7 Å². The summed E-state index contributed by atoms with van der Waals surface area (Å²) in [6.45, 7) is 1.55. The number of amides is 1. The molecule has 0 spiro atoms. The van der Waals surface area contributed by atoms with Crippen LogP contribution in [0.1, 0.15) is 29.3 Å². The first-order chi connectivity index (χ1) is 12.9. The van der Waals surface area contributed by atoms with Crippen LogP contribution in [0, 0.1) is 3.57 Å². The number of halogens is 1. The second-order valence-corrected chi connectivity index (χ2v) is 7.43. The highest BCUT2D eigenvalue weighted by atomic mass is 127. The molecule has 0 aliphatic carbocycles. The number of benzene rings is 2. The first-order valence-electron chi connectivity index (χ1n) is 8.45. The number of hydrogen-bond acceptors (Lipinski definition) is 5. The van der Waals surface area contributed by atoms with Crippen LogP contribution in [0.5, 0.6) is 0 Å². The van der Waals surface area contributed by atoms with Gasteiger partial charge >= 0.3 is 5.97 Å². The highest BCUT2D eigenvalue weighted by Gasteiger charge is 2.51. The largest absolute Gasteiger partial charge is 0.465 e. The SMILES string of the molecule is CCOC(=O)CN1C(=O)[C@](O)(CC(=O)c2ccc(I)cc2)c2ccccc21. The van der Waals surface area contributed by atoms with Crippen molar-refractivity contribution < 1.29 is 24.2 Å². The van der Waals surface area contributed by atoms with Crippen molar-refractivity contribution in [3.8, 4) is 0 Å². The highest BCUT2D eigenvalue weighted by molar-refractivity contribution is 14.1. The summed E-state index contributed by atoms with van der Waals surface area (Å²) in [6, 6.07) is 13.5. The number of nitrogens with zero attached hydrogens (tertiary/aromatic N) is 1. The van der Waals surface area contributed by atoms with Gasteiger partial charge in [0, 0.05) is 14.7 Å². The molecule has 0 saturated carbocycles. The zero-order valence-corrected chi connectivity index (χ0v) is 16.8. The van der Waals surface area contributed by atoms with Gasteiger partial charge in [-0.2, -0.15) is 0 Å². The number of hydrogen-bond donors (Lipinski definition) is 1. The quantitative estimate of drug-likeness (QED) is 0.392. The Balaban J connectivity index is 1.92. The van der Waals surface area contributed by atoms with Crippen LogP contribution in [0.2, 0.25) is 0 Å². The van der Waals surface area contributed by atoms with E-state index in [1.807, 2.05) is 0 Å². The average Bonchev–Trinajstić information content (AvgIpc) is 2.85. The van der Waals surface area contributed by atoms with E-state index in [-0.39, 0.29) is 18.9 Å². The minimum Gasteiger partial charge on any atom is -0.465 e. The molecule has 3 rings (SSSR count). The summed E-state index contributed by atoms with van der Waals surface area (Å²) in [5, 5.41) is 11.1. The number of ether oxygens (including phenoxy) is 1. The standard InChI is InChI=1S/C20H18INO5/c1-2-27-18(24)12-22-16-6-4-3-5-15(16)20(26,19(22)25)11-17(23)13-7-9-14(21)10-8-13/h3-10,26H,2,11-12H2,1H3/t20-/m0/s1. The molecule has 1 atom stereocenters. The van der Waals surface area contributed by atoms with Gasteiger partial charge in [0.25, 0.3) is 5.91 Å². The van der Waals surface area contributed by atoms with Crippen LogP contribution in [0.15, 0.2) is 48.5 Å². The van der Waals surface area contributed by atoms with Gasteiger partial charge in [0.1, 0.15) is 6.54 Å². The van der Waals surface area contributed by atoms with Gasteiger partial charge in [-0.1, -0.05) is 30.3 Å². The number of anilines is 1. The first kappa shape index (κ1) is 19.5. The number of carbonyl (C=O) groups is 3. The molecule has 27 heavy (non-hydrogen) atoms. The Morgan fingerprint density at radius 1 is 1.15 bits per heavy atom. The van der Waals surface area contributed by atoms with Crippen molar-refractivity contribution in [3.63, 3.8) is 0 Å². The lowest BCUT2D eigenvalue weighted by Crippen LogP contribution is -2.44. The minimum absolute atomic E-state index is 0.193. The van der Waals surface area contributed by atoms with E-state index in [0.717, 1.165) is 3.57 Å². The smallest absolute Gasteiger partial charge is 0.326 e. The molecule has 0 radical (unpaired) electrons. The number of rotatable bonds is 6. The summed E-state index contributed by atoms with van der Waals surface area (Å²) in [6.07, 6.45) is -0.400. The van der Waals surface area contributed by atoms with Crippen molar-refractivity contribution in [1.29, 1.82) is 0 Å². The lowest BCUT2D eigenvalue weighted by molar-refractivity contribution is -0.144. The van der Waals surface area contributed by atoms with Crippen molar-refractivity contribution >= 4 is 45.9 Å². The van der Waals surface area contributed by atoms with E-state index in [0.29, 0.717) is 16.8 Å². The van der Waals surface area contributed by atoms with Crippen LogP contribution in [0.3, 0.4) is 0 Å². The maximum Gasteiger partial charge on any atom is 0.326 e. The van der Waals surface area contributed by atoms with Crippen LogP contribution in [0.4, 0.5) is 5.69 Å². The van der Waals surface area contributed by atoms with E-state index in [1.165, 1.54) is 4.90 Å². The fourth-order valence-electron chi connectivity index (χ4n) is 3.14. The second kappa shape index (κ2) is 7.77. The van der Waals surface area contributed by atoms with E-state index in [2.05, 4.69) is 22.6 Å². The van der Waals surface area contributed by atoms with Gasteiger partial charge in [0.15, 0.2) is 11.4 Å². The molecule has 0 saturated heterocycles. The van der Waals surface area contributed by atoms with Crippen LogP contribution in [-0.4, -0.2) is 35.9 Å². The molecule has 1 aliphatic heterocycles. The fourth-order valence-corrected chi connectivity index (χ4v) is 3.50.